The first kappa shape index (κ1) is 14.3. The third-order valence-corrected chi connectivity index (χ3v) is 3.74. The molecule has 0 heterocycles. The van der Waals surface area contributed by atoms with E-state index in [1.165, 1.54) is 12.1 Å². The maximum Gasteiger partial charge on any atom is 0.314 e. The van der Waals surface area contributed by atoms with Gasteiger partial charge in [-0.1, -0.05) is 36.4 Å². The third kappa shape index (κ3) is 2.72. The zero-order valence-electron chi connectivity index (χ0n) is 11.6. The van der Waals surface area contributed by atoms with Crippen LogP contribution in [0.2, 0.25) is 0 Å². The van der Waals surface area contributed by atoms with Gasteiger partial charge >= 0.3 is 5.97 Å². The number of aryl methyl sites for hydroxylation is 1. The second-order valence-corrected chi connectivity index (χ2v) is 5.25. The lowest BCUT2D eigenvalue weighted by Crippen LogP contribution is -2.35. The fraction of sp³-hybridized carbons (Fsp3) is 0.235. The molecule has 2 aromatic carbocycles. The number of carboxylic acids is 1. The van der Waals surface area contributed by atoms with Crippen LogP contribution in [0.25, 0.3) is 0 Å². The lowest BCUT2D eigenvalue weighted by atomic mass is 9.76. The molecule has 0 saturated heterocycles. The number of carbonyl (C=O) groups is 1. The van der Waals surface area contributed by atoms with Crippen LogP contribution < -0.4 is 0 Å². The minimum absolute atomic E-state index is 0.332. The van der Waals surface area contributed by atoms with Crippen LogP contribution >= 0.6 is 0 Å². The van der Waals surface area contributed by atoms with Gasteiger partial charge in [0.2, 0.25) is 0 Å². The monoisotopic (exact) mass is 272 g/mol. The largest absolute Gasteiger partial charge is 0.481 e. The van der Waals surface area contributed by atoms with Crippen molar-refractivity contribution in [1.29, 1.82) is 0 Å². The molecule has 0 aromatic heterocycles. The Labute approximate surface area is 117 Å². The van der Waals surface area contributed by atoms with Crippen molar-refractivity contribution in [2.24, 2.45) is 0 Å². The van der Waals surface area contributed by atoms with Gasteiger partial charge in [0.1, 0.15) is 5.82 Å². The van der Waals surface area contributed by atoms with E-state index < -0.39 is 17.2 Å². The zero-order chi connectivity index (χ0) is 14.8. The van der Waals surface area contributed by atoms with Crippen molar-refractivity contribution in [2.75, 3.05) is 0 Å². The van der Waals surface area contributed by atoms with E-state index >= 15 is 0 Å². The number of benzene rings is 2. The number of aliphatic carboxylic acids is 1. The molecular weight excluding hydrogens is 255 g/mol. The van der Waals surface area contributed by atoms with Crippen LogP contribution in [0.5, 0.6) is 0 Å². The standard InChI is InChI=1S/C17H17FO2/c1-12-6-3-4-7-13(12)11-17(2,16(19)20)14-8-5-9-15(18)10-14/h3-10H,11H2,1-2H3,(H,19,20). The molecule has 1 unspecified atom stereocenters. The van der Waals surface area contributed by atoms with Gasteiger partial charge in [0.25, 0.3) is 0 Å². The van der Waals surface area contributed by atoms with E-state index in [1.54, 1.807) is 19.1 Å². The first-order valence-corrected chi connectivity index (χ1v) is 6.47. The van der Waals surface area contributed by atoms with Crippen molar-refractivity contribution in [2.45, 2.75) is 25.7 Å². The summed E-state index contributed by atoms with van der Waals surface area (Å²) >= 11 is 0. The predicted octanol–water partition coefficient (Wildman–Crippen LogP) is 3.72. The minimum atomic E-state index is -1.14. The molecule has 104 valence electrons. The molecule has 0 saturated carbocycles. The molecule has 2 nitrogen and oxygen atoms in total. The third-order valence-electron chi connectivity index (χ3n) is 3.74. The second kappa shape index (κ2) is 5.45. The highest BCUT2D eigenvalue weighted by atomic mass is 19.1. The Morgan fingerprint density at radius 2 is 1.90 bits per heavy atom. The van der Waals surface area contributed by atoms with Gasteiger partial charge in [-0.2, -0.15) is 0 Å². The van der Waals surface area contributed by atoms with E-state index in [0.29, 0.717) is 12.0 Å². The maximum atomic E-state index is 13.4. The topological polar surface area (TPSA) is 37.3 Å². The van der Waals surface area contributed by atoms with Crippen LogP contribution in [0.1, 0.15) is 23.6 Å². The molecule has 0 aliphatic rings. The summed E-state index contributed by atoms with van der Waals surface area (Å²) < 4.78 is 13.4. The average Bonchev–Trinajstić information content (AvgIpc) is 2.41. The van der Waals surface area contributed by atoms with Crippen molar-refractivity contribution in [1.82, 2.24) is 0 Å². The molecule has 0 bridgehead atoms. The van der Waals surface area contributed by atoms with Crippen LogP contribution in [-0.2, 0) is 16.6 Å². The fourth-order valence-corrected chi connectivity index (χ4v) is 2.32. The molecule has 0 amide bonds. The van der Waals surface area contributed by atoms with Crippen molar-refractivity contribution in [3.63, 3.8) is 0 Å². The predicted molar refractivity (Wildman–Crippen MR) is 76.3 cm³/mol. The summed E-state index contributed by atoms with van der Waals surface area (Å²) in [6, 6.07) is 13.5. The Bertz CT molecular complexity index is 636. The van der Waals surface area contributed by atoms with E-state index in [1.807, 2.05) is 31.2 Å². The fourth-order valence-electron chi connectivity index (χ4n) is 2.32. The Morgan fingerprint density at radius 1 is 1.20 bits per heavy atom. The summed E-state index contributed by atoms with van der Waals surface area (Å²) in [6.45, 7) is 3.58. The zero-order valence-corrected chi connectivity index (χ0v) is 11.6. The molecule has 0 fully saturated rings. The van der Waals surface area contributed by atoms with Crippen molar-refractivity contribution < 1.29 is 14.3 Å². The highest BCUT2D eigenvalue weighted by Gasteiger charge is 2.36. The minimum Gasteiger partial charge on any atom is -0.481 e. The van der Waals surface area contributed by atoms with Crippen molar-refractivity contribution in [3.8, 4) is 0 Å². The number of carboxylic acid groups (broad SMARTS) is 1. The summed E-state index contributed by atoms with van der Waals surface area (Å²) in [6.07, 6.45) is 0.332. The summed E-state index contributed by atoms with van der Waals surface area (Å²) in [5, 5.41) is 9.61. The number of rotatable bonds is 4. The van der Waals surface area contributed by atoms with Gasteiger partial charge in [0.05, 0.1) is 5.41 Å². The van der Waals surface area contributed by atoms with Crippen LogP contribution in [0, 0.1) is 12.7 Å². The average molecular weight is 272 g/mol. The number of hydrogen-bond acceptors (Lipinski definition) is 1. The Morgan fingerprint density at radius 3 is 2.50 bits per heavy atom. The van der Waals surface area contributed by atoms with Gasteiger partial charge in [-0.15, -0.1) is 0 Å². The van der Waals surface area contributed by atoms with Gasteiger partial charge in [0, 0.05) is 0 Å². The van der Waals surface area contributed by atoms with E-state index in [-0.39, 0.29) is 0 Å². The molecule has 2 aromatic rings. The number of halogens is 1. The van der Waals surface area contributed by atoms with E-state index in [9.17, 15) is 14.3 Å². The quantitative estimate of drug-likeness (QED) is 0.921. The molecule has 2 rings (SSSR count). The highest BCUT2D eigenvalue weighted by molar-refractivity contribution is 5.81. The lowest BCUT2D eigenvalue weighted by molar-refractivity contribution is -0.143. The smallest absolute Gasteiger partial charge is 0.314 e. The molecule has 1 N–H and O–H groups in total. The molecule has 20 heavy (non-hydrogen) atoms. The summed E-state index contributed by atoms with van der Waals surface area (Å²) in [5.41, 5.74) is 1.33. The van der Waals surface area contributed by atoms with Crippen molar-refractivity contribution in [3.05, 3.63) is 71.0 Å². The highest BCUT2D eigenvalue weighted by Crippen LogP contribution is 2.30. The normalized spacial score (nSPS) is 13.8. The molecule has 0 spiro atoms. The first-order chi connectivity index (χ1) is 9.43. The van der Waals surface area contributed by atoms with Crippen LogP contribution in [-0.4, -0.2) is 11.1 Å². The van der Waals surface area contributed by atoms with Gasteiger partial charge in [0.15, 0.2) is 0 Å². The van der Waals surface area contributed by atoms with E-state index in [2.05, 4.69) is 0 Å². The SMILES string of the molecule is Cc1ccccc1CC(C)(C(=O)O)c1cccc(F)c1. The molecule has 0 aliphatic carbocycles. The Balaban J connectivity index is 2.46. The van der Waals surface area contributed by atoms with E-state index in [4.69, 9.17) is 0 Å². The molecule has 1 atom stereocenters. The number of hydrogen-bond donors (Lipinski definition) is 1. The van der Waals surface area contributed by atoms with Crippen molar-refractivity contribution >= 4 is 5.97 Å². The van der Waals surface area contributed by atoms with Crippen LogP contribution in [0.15, 0.2) is 48.5 Å². The summed E-state index contributed by atoms with van der Waals surface area (Å²) in [5.74, 6) is -1.37. The van der Waals surface area contributed by atoms with Gasteiger partial charge in [-0.3, -0.25) is 4.79 Å². The van der Waals surface area contributed by atoms with E-state index in [0.717, 1.165) is 11.1 Å². The summed E-state index contributed by atoms with van der Waals surface area (Å²) in [4.78, 5) is 11.7. The second-order valence-electron chi connectivity index (χ2n) is 5.25. The Hall–Kier alpha value is -2.16. The molecular formula is C17H17FO2. The molecule has 3 heteroatoms. The summed E-state index contributed by atoms with van der Waals surface area (Å²) in [7, 11) is 0. The van der Waals surface area contributed by atoms with Crippen LogP contribution in [0.3, 0.4) is 0 Å². The lowest BCUT2D eigenvalue weighted by Gasteiger charge is -2.26. The first-order valence-electron chi connectivity index (χ1n) is 6.47. The maximum absolute atomic E-state index is 13.4. The van der Waals surface area contributed by atoms with Crippen LogP contribution in [0.4, 0.5) is 4.39 Å². The Kier molecular flexibility index (Phi) is 3.89. The van der Waals surface area contributed by atoms with Gasteiger partial charge in [-0.05, 0) is 49.1 Å². The van der Waals surface area contributed by atoms with Gasteiger partial charge < -0.3 is 5.11 Å². The molecule has 0 aliphatic heterocycles. The molecule has 0 radical (unpaired) electrons. The van der Waals surface area contributed by atoms with Gasteiger partial charge in [-0.25, -0.2) is 4.39 Å².